The first kappa shape index (κ1) is 10.0. The van der Waals surface area contributed by atoms with Gasteiger partial charge in [-0.2, -0.15) is 0 Å². The Morgan fingerprint density at radius 3 is 2.64 bits per heavy atom. The summed E-state index contributed by atoms with van der Waals surface area (Å²) in [6.45, 7) is 2.26. The Labute approximate surface area is 90.3 Å². The van der Waals surface area contributed by atoms with Crippen molar-refractivity contribution in [1.29, 1.82) is 0 Å². The van der Waals surface area contributed by atoms with Gasteiger partial charge in [0.05, 0.1) is 0 Å². The van der Waals surface area contributed by atoms with Crippen LogP contribution >= 0.6 is 11.6 Å². The van der Waals surface area contributed by atoms with Gasteiger partial charge in [-0.3, -0.25) is 0 Å². The summed E-state index contributed by atoms with van der Waals surface area (Å²) in [7, 11) is 0. The summed E-state index contributed by atoms with van der Waals surface area (Å²) in [5.74, 6) is 0. The second-order valence-corrected chi connectivity index (χ2v) is 4.96. The lowest BCUT2D eigenvalue weighted by atomic mass is 9.93. The first-order chi connectivity index (χ1) is 6.62. The largest absolute Gasteiger partial charge is 0.327 e. The molecule has 1 aromatic rings. The van der Waals surface area contributed by atoms with Crippen molar-refractivity contribution in [1.82, 2.24) is 0 Å². The van der Waals surface area contributed by atoms with E-state index in [9.17, 15) is 0 Å². The average Bonchev–Trinajstić information content (AvgIpc) is 2.89. The molecule has 0 aromatic heterocycles. The predicted molar refractivity (Wildman–Crippen MR) is 60.5 cm³/mol. The highest BCUT2D eigenvalue weighted by Gasteiger charge is 2.42. The fourth-order valence-electron chi connectivity index (χ4n) is 1.72. The molecule has 1 fully saturated rings. The van der Waals surface area contributed by atoms with Gasteiger partial charge in [-0.25, -0.2) is 0 Å². The van der Waals surface area contributed by atoms with E-state index < -0.39 is 0 Å². The van der Waals surface area contributed by atoms with E-state index in [2.05, 4.69) is 13.0 Å². The molecule has 1 aromatic carbocycles. The molecule has 0 aliphatic heterocycles. The molecule has 0 radical (unpaired) electrons. The number of hydrogen-bond donors (Lipinski definition) is 1. The Hall–Kier alpha value is -0.530. The normalized spacial score (nSPS) is 20.5. The van der Waals surface area contributed by atoms with Crippen LogP contribution in [0.1, 0.15) is 25.3 Å². The van der Waals surface area contributed by atoms with Crippen LogP contribution in [-0.4, -0.2) is 6.04 Å². The summed E-state index contributed by atoms with van der Waals surface area (Å²) in [6.07, 6.45) is 3.42. The van der Waals surface area contributed by atoms with Gasteiger partial charge in [0.2, 0.25) is 0 Å². The van der Waals surface area contributed by atoms with Crippen molar-refractivity contribution in [3.63, 3.8) is 0 Å². The Bertz CT molecular complexity index is 331. The molecule has 1 saturated carbocycles. The first-order valence-corrected chi connectivity index (χ1v) is 5.49. The Morgan fingerprint density at radius 2 is 2.07 bits per heavy atom. The zero-order chi connectivity index (χ0) is 10.2. The van der Waals surface area contributed by atoms with Crippen molar-refractivity contribution in [3.8, 4) is 0 Å². The van der Waals surface area contributed by atoms with Gasteiger partial charge in [0.25, 0.3) is 0 Å². The average molecular weight is 210 g/mol. The minimum Gasteiger partial charge on any atom is -0.327 e. The highest BCUT2D eigenvalue weighted by Crippen LogP contribution is 2.48. The number of halogens is 1. The van der Waals surface area contributed by atoms with Crippen molar-refractivity contribution in [2.45, 2.75) is 32.2 Å². The van der Waals surface area contributed by atoms with E-state index in [1.807, 2.05) is 18.2 Å². The molecule has 0 saturated heterocycles. The quantitative estimate of drug-likeness (QED) is 0.814. The molecule has 1 aliphatic carbocycles. The molecule has 1 nitrogen and oxygen atoms in total. The lowest BCUT2D eigenvalue weighted by molar-refractivity contribution is 0.433. The SMILES string of the molecule is CC1(C(N)Cc2ccccc2Cl)CC1. The lowest BCUT2D eigenvalue weighted by Gasteiger charge is -2.19. The van der Waals surface area contributed by atoms with Gasteiger partial charge in [0.15, 0.2) is 0 Å². The summed E-state index contributed by atoms with van der Waals surface area (Å²) in [4.78, 5) is 0. The van der Waals surface area contributed by atoms with Crippen molar-refractivity contribution in [2.75, 3.05) is 0 Å². The van der Waals surface area contributed by atoms with Crippen LogP contribution in [0.4, 0.5) is 0 Å². The molecule has 2 heteroatoms. The van der Waals surface area contributed by atoms with E-state index >= 15 is 0 Å². The molecule has 0 amide bonds. The van der Waals surface area contributed by atoms with E-state index in [0.29, 0.717) is 5.41 Å². The van der Waals surface area contributed by atoms with Crippen LogP contribution in [0, 0.1) is 5.41 Å². The van der Waals surface area contributed by atoms with Crippen LogP contribution in [0.5, 0.6) is 0 Å². The van der Waals surface area contributed by atoms with Gasteiger partial charge >= 0.3 is 0 Å². The third-order valence-corrected chi connectivity index (χ3v) is 3.70. The van der Waals surface area contributed by atoms with Gasteiger partial charge in [-0.1, -0.05) is 36.7 Å². The first-order valence-electron chi connectivity index (χ1n) is 5.11. The summed E-state index contributed by atoms with van der Waals surface area (Å²) < 4.78 is 0. The number of benzene rings is 1. The third kappa shape index (κ3) is 1.94. The molecule has 0 spiro atoms. The number of nitrogens with two attached hydrogens (primary N) is 1. The highest BCUT2D eigenvalue weighted by molar-refractivity contribution is 6.31. The second kappa shape index (κ2) is 3.56. The zero-order valence-corrected chi connectivity index (χ0v) is 9.22. The summed E-state index contributed by atoms with van der Waals surface area (Å²) >= 11 is 6.08. The van der Waals surface area contributed by atoms with Gasteiger partial charge in [0.1, 0.15) is 0 Å². The van der Waals surface area contributed by atoms with E-state index in [0.717, 1.165) is 11.4 Å². The molecule has 0 heterocycles. The molecular formula is C12H16ClN. The topological polar surface area (TPSA) is 26.0 Å². The van der Waals surface area contributed by atoms with Gasteiger partial charge in [-0.15, -0.1) is 0 Å². The molecule has 2 N–H and O–H groups in total. The highest BCUT2D eigenvalue weighted by atomic mass is 35.5. The molecule has 1 aliphatic rings. The van der Waals surface area contributed by atoms with Crippen LogP contribution in [0.15, 0.2) is 24.3 Å². The zero-order valence-electron chi connectivity index (χ0n) is 8.46. The van der Waals surface area contributed by atoms with E-state index in [4.69, 9.17) is 17.3 Å². The fraction of sp³-hybridized carbons (Fsp3) is 0.500. The smallest absolute Gasteiger partial charge is 0.0438 e. The summed E-state index contributed by atoms with van der Waals surface area (Å²) in [6, 6.07) is 8.22. The molecule has 2 rings (SSSR count). The molecule has 76 valence electrons. The number of rotatable bonds is 3. The summed E-state index contributed by atoms with van der Waals surface area (Å²) in [5.41, 5.74) is 7.71. The van der Waals surface area contributed by atoms with Crippen molar-refractivity contribution < 1.29 is 0 Å². The standard InChI is InChI=1S/C12H16ClN/c1-12(6-7-12)11(14)8-9-4-2-3-5-10(9)13/h2-5,11H,6-8,14H2,1H3. The van der Waals surface area contributed by atoms with Gasteiger partial charge in [0, 0.05) is 11.1 Å². The van der Waals surface area contributed by atoms with Crippen molar-refractivity contribution in [2.24, 2.45) is 11.1 Å². The number of hydrogen-bond acceptors (Lipinski definition) is 1. The second-order valence-electron chi connectivity index (χ2n) is 4.56. The monoisotopic (exact) mass is 209 g/mol. The molecular weight excluding hydrogens is 194 g/mol. The Morgan fingerprint density at radius 1 is 1.43 bits per heavy atom. The molecule has 1 unspecified atom stereocenters. The van der Waals surface area contributed by atoms with Crippen molar-refractivity contribution >= 4 is 11.6 Å². The maximum absolute atomic E-state index is 6.16. The fourth-order valence-corrected chi connectivity index (χ4v) is 1.93. The van der Waals surface area contributed by atoms with E-state index in [1.165, 1.54) is 18.4 Å². The Balaban J connectivity index is 2.07. The van der Waals surface area contributed by atoms with E-state index in [1.54, 1.807) is 0 Å². The molecule has 0 bridgehead atoms. The van der Waals surface area contributed by atoms with E-state index in [-0.39, 0.29) is 6.04 Å². The summed E-state index contributed by atoms with van der Waals surface area (Å²) in [5, 5.41) is 0.840. The van der Waals surface area contributed by atoms with Gasteiger partial charge in [-0.05, 0) is 36.3 Å². The van der Waals surface area contributed by atoms with Crippen LogP contribution in [0.2, 0.25) is 5.02 Å². The molecule has 14 heavy (non-hydrogen) atoms. The predicted octanol–water partition coefficient (Wildman–Crippen LogP) is 3.01. The third-order valence-electron chi connectivity index (χ3n) is 3.33. The maximum Gasteiger partial charge on any atom is 0.0438 e. The maximum atomic E-state index is 6.16. The van der Waals surface area contributed by atoms with Crippen LogP contribution in [-0.2, 0) is 6.42 Å². The van der Waals surface area contributed by atoms with Crippen molar-refractivity contribution in [3.05, 3.63) is 34.9 Å². The minimum atomic E-state index is 0.252. The minimum absolute atomic E-state index is 0.252. The van der Waals surface area contributed by atoms with Crippen LogP contribution < -0.4 is 5.73 Å². The van der Waals surface area contributed by atoms with Crippen LogP contribution in [0.25, 0.3) is 0 Å². The molecule has 1 atom stereocenters. The van der Waals surface area contributed by atoms with Crippen LogP contribution in [0.3, 0.4) is 0 Å². The lowest BCUT2D eigenvalue weighted by Crippen LogP contribution is -2.31. The van der Waals surface area contributed by atoms with Gasteiger partial charge < -0.3 is 5.73 Å². The Kier molecular flexibility index (Phi) is 2.54.